The Morgan fingerprint density at radius 2 is 1.52 bits per heavy atom. The Morgan fingerprint density at radius 3 is 2.08 bits per heavy atom. The molecule has 0 aliphatic carbocycles. The van der Waals surface area contributed by atoms with E-state index in [0.29, 0.717) is 6.42 Å². The van der Waals surface area contributed by atoms with Gasteiger partial charge >= 0.3 is 12.1 Å². The highest BCUT2D eigenvalue weighted by Gasteiger charge is 2.42. The molecular weight excluding hydrogens is 331 g/mol. The number of halogens is 3. The average molecular weight is 347 g/mol. The van der Waals surface area contributed by atoms with Crippen LogP contribution in [0.5, 0.6) is 0 Å². The van der Waals surface area contributed by atoms with Crippen molar-refractivity contribution < 1.29 is 22.8 Å². The molecule has 3 rings (SSSR count). The summed E-state index contributed by atoms with van der Waals surface area (Å²) in [6.07, 6.45) is -2.68. The third-order valence-electron chi connectivity index (χ3n) is 3.98. The molecule has 0 atom stereocenters. The molecule has 1 aliphatic rings. The van der Waals surface area contributed by atoms with Crippen molar-refractivity contribution in [3.8, 4) is 11.1 Å². The molecule has 2 aromatic rings. The number of carbonyl (C=O) groups is 1. The Labute approximate surface area is 143 Å². The third kappa shape index (κ3) is 4.28. The Morgan fingerprint density at radius 1 is 0.920 bits per heavy atom. The summed E-state index contributed by atoms with van der Waals surface area (Å²) in [5, 5.41) is 1.03. The SMILES string of the molecule is O=C(ON1CC=C(c2ccc(-c3ccccc3)cc2)CC1)C(F)(F)F. The monoisotopic (exact) mass is 347 g/mol. The van der Waals surface area contributed by atoms with E-state index in [0.717, 1.165) is 27.3 Å². The normalized spacial score (nSPS) is 15.6. The molecule has 0 saturated carbocycles. The Kier molecular flexibility index (Phi) is 4.90. The van der Waals surface area contributed by atoms with Gasteiger partial charge in [0.05, 0.1) is 6.54 Å². The highest BCUT2D eigenvalue weighted by atomic mass is 19.4. The van der Waals surface area contributed by atoms with E-state index in [1.54, 1.807) is 6.08 Å². The van der Waals surface area contributed by atoms with Gasteiger partial charge in [0.1, 0.15) is 0 Å². The maximum absolute atomic E-state index is 12.2. The second-order valence-corrected chi connectivity index (χ2v) is 5.69. The van der Waals surface area contributed by atoms with Crippen LogP contribution in [-0.2, 0) is 9.63 Å². The molecule has 0 N–H and O–H groups in total. The van der Waals surface area contributed by atoms with E-state index in [1.165, 1.54) is 0 Å². The maximum atomic E-state index is 12.2. The van der Waals surface area contributed by atoms with Gasteiger partial charge in [0.15, 0.2) is 0 Å². The summed E-state index contributed by atoms with van der Waals surface area (Å²) in [5.41, 5.74) is 4.26. The Balaban J connectivity index is 1.65. The summed E-state index contributed by atoms with van der Waals surface area (Å²) in [6.45, 7) is 0.367. The second-order valence-electron chi connectivity index (χ2n) is 5.69. The fraction of sp³-hybridized carbons (Fsp3) is 0.211. The summed E-state index contributed by atoms with van der Waals surface area (Å²) in [6, 6.07) is 18.0. The fourth-order valence-corrected chi connectivity index (χ4v) is 2.67. The largest absolute Gasteiger partial charge is 0.492 e. The topological polar surface area (TPSA) is 29.5 Å². The van der Waals surface area contributed by atoms with E-state index >= 15 is 0 Å². The molecular formula is C19H16F3NO2. The van der Waals surface area contributed by atoms with E-state index in [-0.39, 0.29) is 13.1 Å². The van der Waals surface area contributed by atoms with Gasteiger partial charge in [-0.3, -0.25) is 0 Å². The quantitative estimate of drug-likeness (QED) is 0.821. The van der Waals surface area contributed by atoms with Crippen molar-refractivity contribution in [2.24, 2.45) is 0 Å². The van der Waals surface area contributed by atoms with E-state index in [2.05, 4.69) is 4.84 Å². The van der Waals surface area contributed by atoms with Crippen LogP contribution in [0.1, 0.15) is 12.0 Å². The van der Waals surface area contributed by atoms with E-state index in [4.69, 9.17) is 0 Å². The standard InChI is InChI=1S/C19H16F3NO2/c20-19(21,22)18(24)25-23-12-10-17(11-13-23)16-8-6-15(7-9-16)14-4-2-1-3-5-14/h1-10H,11-13H2. The minimum atomic E-state index is -4.97. The predicted octanol–water partition coefficient (Wildman–Crippen LogP) is 4.46. The van der Waals surface area contributed by atoms with Crippen LogP contribution in [0.15, 0.2) is 60.7 Å². The molecule has 0 saturated heterocycles. The number of carbonyl (C=O) groups excluding carboxylic acids is 1. The van der Waals surface area contributed by atoms with Gasteiger partial charge in [0.2, 0.25) is 0 Å². The van der Waals surface area contributed by atoms with Crippen molar-refractivity contribution in [2.45, 2.75) is 12.6 Å². The minimum absolute atomic E-state index is 0.136. The molecule has 0 amide bonds. The van der Waals surface area contributed by atoms with Gasteiger partial charge in [-0.15, -0.1) is 5.06 Å². The number of nitrogens with zero attached hydrogens (tertiary/aromatic N) is 1. The molecule has 0 aromatic heterocycles. The lowest BCUT2D eigenvalue weighted by molar-refractivity contribution is -0.237. The van der Waals surface area contributed by atoms with E-state index in [9.17, 15) is 18.0 Å². The van der Waals surface area contributed by atoms with Gasteiger partial charge < -0.3 is 4.84 Å². The summed E-state index contributed by atoms with van der Waals surface area (Å²) in [4.78, 5) is 15.2. The summed E-state index contributed by atoms with van der Waals surface area (Å²) in [5.74, 6) is -2.18. The van der Waals surface area contributed by atoms with Crippen LogP contribution in [0.2, 0.25) is 0 Å². The summed E-state index contributed by atoms with van der Waals surface area (Å²) in [7, 11) is 0. The van der Waals surface area contributed by atoms with Gasteiger partial charge in [0.25, 0.3) is 0 Å². The van der Waals surface area contributed by atoms with Crippen LogP contribution in [0.25, 0.3) is 16.7 Å². The van der Waals surface area contributed by atoms with Crippen LogP contribution in [0, 0.1) is 0 Å². The van der Waals surface area contributed by atoms with Gasteiger partial charge in [0, 0.05) is 6.54 Å². The van der Waals surface area contributed by atoms with Crippen LogP contribution in [-0.4, -0.2) is 30.3 Å². The predicted molar refractivity (Wildman–Crippen MR) is 88.2 cm³/mol. The van der Waals surface area contributed by atoms with Crippen LogP contribution in [0.3, 0.4) is 0 Å². The molecule has 6 heteroatoms. The molecule has 0 bridgehead atoms. The third-order valence-corrected chi connectivity index (χ3v) is 3.98. The number of rotatable bonds is 3. The maximum Gasteiger partial charge on any atom is 0.492 e. The number of benzene rings is 2. The molecule has 2 aromatic carbocycles. The lowest BCUT2D eigenvalue weighted by atomic mass is 9.97. The zero-order chi connectivity index (χ0) is 17.9. The molecule has 1 aliphatic heterocycles. The first-order valence-corrected chi connectivity index (χ1v) is 7.82. The van der Waals surface area contributed by atoms with Crippen molar-refractivity contribution in [1.82, 2.24) is 5.06 Å². The zero-order valence-electron chi connectivity index (χ0n) is 13.3. The zero-order valence-corrected chi connectivity index (χ0v) is 13.3. The lowest BCUT2D eigenvalue weighted by Crippen LogP contribution is -2.37. The fourth-order valence-electron chi connectivity index (χ4n) is 2.67. The van der Waals surface area contributed by atoms with Crippen molar-refractivity contribution in [1.29, 1.82) is 0 Å². The molecule has 1 heterocycles. The first kappa shape index (κ1) is 17.2. The molecule has 3 nitrogen and oxygen atoms in total. The van der Waals surface area contributed by atoms with Gasteiger partial charge in [-0.2, -0.15) is 13.2 Å². The van der Waals surface area contributed by atoms with Gasteiger partial charge in [-0.1, -0.05) is 60.7 Å². The van der Waals surface area contributed by atoms with E-state index in [1.807, 2.05) is 54.6 Å². The van der Waals surface area contributed by atoms with Crippen molar-refractivity contribution in [3.63, 3.8) is 0 Å². The molecule has 0 unspecified atom stereocenters. The van der Waals surface area contributed by atoms with Gasteiger partial charge in [-0.25, -0.2) is 4.79 Å². The number of alkyl halides is 3. The van der Waals surface area contributed by atoms with Crippen molar-refractivity contribution in [3.05, 3.63) is 66.2 Å². The van der Waals surface area contributed by atoms with Crippen molar-refractivity contribution >= 4 is 11.5 Å². The molecule has 0 spiro atoms. The Hall–Kier alpha value is -2.60. The number of hydroxylamine groups is 2. The highest BCUT2D eigenvalue weighted by molar-refractivity contribution is 5.75. The van der Waals surface area contributed by atoms with Crippen LogP contribution >= 0.6 is 0 Å². The average Bonchev–Trinajstić information content (AvgIpc) is 2.62. The lowest BCUT2D eigenvalue weighted by Gasteiger charge is -2.25. The molecule has 25 heavy (non-hydrogen) atoms. The summed E-state index contributed by atoms with van der Waals surface area (Å²) < 4.78 is 36.6. The first-order valence-electron chi connectivity index (χ1n) is 7.82. The highest BCUT2D eigenvalue weighted by Crippen LogP contribution is 2.26. The molecule has 130 valence electrons. The second kappa shape index (κ2) is 7.11. The molecule has 0 fully saturated rings. The van der Waals surface area contributed by atoms with Crippen molar-refractivity contribution in [2.75, 3.05) is 13.1 Å². The van der Waals surface area contributed by atoms with Crippen LogP contribution < -0.4 is 0 Å². The number of hydrogen-bond donors (Lipinski definition) is 0. The number of hydrogen-bond acceptors (Lipinski definition) is 3. The Bertz CT molecular complexity index is 768. The smallest absolute Gasteiger partial charge is 0.360 e. The molecule has 0 radical (unpaired) electrons. The van der Waals surface area contributed by atoms with Gasteiger partial charge in [-0.05, 0) is 28.7 Å². The first-order chi connectivity index (χ1) is 11.9. The minimum Gasteiger partial charge on any atom is -0.360 e. The van der Waals surface area contributed by atoms with E-state index < -0.39 is 12.1 Å². The summed E-state index contributed by atoms with van der Waals surface area (Å²) >= 11 is 0. The van der Waals surface area contributed by atoms with Crippen LogP contribution in [0.4, 0.5) is 13.2 Å².